The summed E-state index contributed by atoms with van der Waals surface area (Å²) < 4.78 is 6.15. The van der Waals surface area contributed by atoms with Gasteiger partial charge in [0.2, 0.25) is 0 Å². The molecule has 0 aromatic carbocycles. The average molecular weight is 182 g/mol. The Labute approximate surface area is 81.9 Å². The van der Waals surface area contributed by atoms with Crippen LogP contribution in [-0.2, 0) is 4.74 Å². The van der Waals surface area contributed by atoms with Gasteiger partial charge in [0.25, 0.3) is 0 Å². The Hall–Kier alpha value is -0.0400. The third-order valence-electron chi connectivity index (χ3n) is 3.75. The fourth-order valence-corrected chi connectivity index (χ4v) is 2.84. The van der Waals surface area contributed by atoms with E-state index < -0.39 is 0 Å². The topological polar surface area (TPSA) is 9.23 Å². The van der Waals surface area contributed by atoms with Gasteiger partial charge in [-0.1, -0.05) is 26.7 Å². The van der Waals surface area contributed by atoms with Crippen molar-refractivity contribution in [3.8, 4) is 0 Å². The lowest BCUT2D eigenvalue weighted by molar-refractivity contribution is -0.115. The molecule has 1 saturated heterocycles. The molecule has 2 rings (SSSR count). The fraction of sp³-hybridized carbons (Fsp3) is 1.00. The Morgan fingerprint density at radius 1 is 1.00 bits per heavy atom. The summed E-state index contributed by atoms with van der Waals surface area (Å²) in [6.07, 6.45) is 9.49. The summed E-state index contributed by atoms with van der Waals surface area (Å²) in [4.78, 5) is 0. The first-order valence-corrected chi connectivity index (χ1v) is 5.93. The largest absolute Gasteiger partial charge is 0.374 e. The van der Waals surface area contributed by atoms with Gasteiger partial charge in [0, 0.05) is 0 Å². The lowest BCUT2D eigenvalue weighted by atomic mass is 9.79. The van der Waals surface area contributed by atoms with E-state index in [1.807, 2.05) is 0 Å². The molecule has 1 heteroatoms. The minimum absolute atomic E-state index is 0.555. The first-order valence-electron chi connectivity index (χ1n) is 5.93. The number of ether oxygens (including phenoxy) is 1. The molecule has 1 aliphatic heterocycles. The van der Waals surface area contributed by atoms with Crippen molar-refractivity contribution in [1.29, 1.82) is 0 Å². The molecule has 0 N–H and O–H groups in total. The Bertz CT molecular complexity index is 165. The summed E-state index contributed by atoms with van der Waals surface area (Å²) in [5.74, 6) is 1.62. The van der Waals surface area contributed by atoms with Gasteiger partial charge in [-0.05, 0) is 37.5 Å². The summed E-state index contributed by atoms with van der Waals surface area (Å²) in [7, 11) is 0. The van der Waals surface area contributed by atoms with Crippen molar-refractivity contribution < 1.29 is 4.74 Å². The molecule has 13 heavy (non-hydrogen) atoms. The second kappa shape index (κ2) is 4.00. The van der Waals surface area contributed by atoms with Crippen LogP contribution in [0, 0.1) is 11.8 Å². The van der Waals surface area contributed by atoms with Crippen molar-refractivity contribution in [2.24, 2.45) is 11.8 Å². The summed E-state index contributed by atoms with van der Waals surface area (Å²) in [5.41, 5.74) is 0. The minimum Gasteiger partial charge on any atom is -0.374 e. The number of rotatable bonds is 1. The molecule has 2 fully saturated rings. The fourth-order valence-electron chi connectivity index (χ4n) is 2.84. The van der Waals surface area contributed by atoms with E-state index in [-0.39, 0.29) is 0 Å². The van der Waals surface area contributed by atoms with Crippen LogP contribution >= 0.6 is 0 Å². The first-order chi connectivity index (χ1) is 6.27. The van der Waals surface area contributed by atoms with E-state index in [0.717, 1.165) is 5.92 Å². The zero-order chi connectivity index (χ0) is 9.26. The predicted octanol–water partition coefficient (Wildman–Crippen LogP) is 3.38. The molecule has 1 nitrogen and oxygen atoms in total. The van der Waals surface area contributed by atoms with Crippen molar-refractivity contribution in [3.63, 3.8) is 0 Å². The average Bonchev–Trinajstić information content (AvgIpc) is 2.17. The van der Waals surface area contributed by atoms with Crippen LogP contribution in [0.15, 0.2) is 0 Å². The molecule has 1 heterocycles. The molecule has 0 aromatic rings. The molecular formula is C12H22O. The monoisotopic (exact) mass is 182 g/mol. The normalized spacial score (nSPS) is 40.4. The molecule has 0 bridgehead atoms. The van der Waals surface area contributed by atoms with E-state index in [4.69, 9.17) is 4.74 Å². The number of hydrogen-bond donors (Lipinski definition) is 0. The Kier molecular flexibility index (Phi) is 2.92. The van der Waals surface area contributed by atoms with Crippen molar-refractivity contribution in [1.82, 2.24) is 0 Å². The van der Waals surface area contributed by atoms with Crippen molar-refractivity contribution >= 4 is 0 Å². The molecule has 1 saturated carbocycles. The molecule has 0 amide bonds. The minimum atomic E-state index is 0.555. The SMILES string of the molecule is CC(C)C1CCC2CCCCC2O1. The molecule has 0 radical (unpaired) electrons. The smallest absolute Gasteiger partial charge is 0.0607 e. The number of fused-ring (bicyclic) bond motifs is 1. The van der Waals surface area contributed by atoms with E-state index in [0.29, 0.717) is 18.1 Å². The summed E-state index contributed by atoms with van der Waals surface area (Å²) in [6, 6.07) is 0. The molecule has 1 aliphatic carbocycles. The highest BCUT2D eigenvalue weighted by Gasteiger charge is 2.33. The van der Waals surface area contributed by atoms with Gasteiger partial charge in [-0.25, -0.2) is 0 Å². The molecule has 0 aromatic heterocycles. The Morgan fingerprint density at radius 2 is 1.77 bits per heavy atom. The maximum atomic E-state index is 6.15. The zero-order valence-corrected chi connectivity index (χ0v) is 8.96. The van der Waals surface area contributed by atoms with Gasteiger partial charge in [0.1, 0.15) is 0 Å². The summed E-state index contributed by atoms with van der Waals surface area (Å²) in [6.45, 7) is 4.57. The second-order valence-corrected chi connectivity index (χ2v) is 5.08. The van der Waals surface area contributed by atoms with Crippen LogP contribution in [0.4, 0.5) is 0 Å². The van der Waals surface area contributed by atoms with Gasteiger partial charge in [0.05, 0.1) is 12.2 Å². The van der Waals surface area contributed by atoms with Crippen LogP contribution in [0.5, 0.6) is 0 Å². The molecule has 3 unspecified atom stereocenters. The standard InChI is InChI=1S/C12H22O/c1-9(2)11-8-7-10-5-3-4-6-12(10)13-11/h9-12H,3-8H2,1-2H3. The van der Waals surface area contributed by atoms with Crippen LogP contribution in [0.25, 0.3) is 0 Å². The highest BCUT2D eigenvalue weighted by molar-refractivity contribution is 4.83. The molecule has 0 spiro atoms. The van der Waals surface area contributed by atoms with Crippen molar-refractivity contribution in [3.05, 3.63) is 0 Å². The second-order valence-electron chi connectivity index (χ2n) is 5.08. The lowest BCUT2D eigenvalue weighted by Crippen LogP contribution is -2.39. The summed E-state index contributed by atoms with van der Waals surface area (Å²) in [5, 5.41) is 0. The van der Waals surface area contributed by atoms with Gasteiger partial charge >= 0.3 is 0 Å². The van der Waals surface area contributed by atoms with Crippen molar-refractivity contribution in [2.45, 2.75) is 64.6 Å². The predicted molar refractivity (Wildman–Crippen MR) is 54.7 cm³/mol. The van der Waals surface area contributed by atoms with Gasteiger partial charge in [-0.2, -0.15) is 0 Å². The highest BCUT2D eigenvalue weighted by atomic mass is 16.5. The van der Waals surface area contributed by atoms with Crippen molar-refractivity contribution in [2.75, 3.05) is 0 Å². The lowest BCUT2D eigenvalue weighted by Gasteiger charge is -2.40. The van der Waals surface area contributed by atoms with Gasteiger partial charge in [-0.15, -0.1) is 0 Å². The Morgan fingerprint density at radius 3 is 2.54 bits per heavy atom. The first kappa shape index (κ1) is 9.51. The zero-order valence-electron chi connectivity index (χ0n) is 8.96. The maximum Gasteiger partial charge on any atom is 0.0607 e. The van der Waals surface area contributed by atoms with Crippen LogP contribution in [0.1, 0.15) is 52.4 Å². The molecule has 3 atom stereocenters. The maximum absolute atomic E-state index is 6.15. The van der Waals surface area contributed by atoms with Gasteiger partial charge in [-0.3, -0.25) is 0 Å². The van der Waals surface area contributed by atoms with E-state index in [2.05, 4.69) is 13.8 Å². The van der Waals surface area contributed by atoms with E-state index in [1.54, 1.807) is 0 Å². The van der Waals surface area contributed by atoms with Crippen LogP contribution in [0.3, 0.4) is 0 Å². The van der Waals surface area contributed by atoms with Crippen LogP contribution in [0.2, 0.25) is 0 Å². The molecule has 76 valence electrons. The summed E-state index contributed by atoms with van der Waals surface area (Å²) >= 11 is 0. The quantitative estimate of drug-likeness (QED) is 0.604. The third kappa shape index (κ3) is 2.07. The van der Waals surface area contributed by atoms with E-state index in [9.17, 15) is 0 Å². The highest BCUT2D eigenvalue weighted by Crippen LogP contribution is 2.37. The third-order valence-corrected chi connectivity index (χ3v) is 3.75. The number of hydrogen-bond acceptors (Lipinski definition) is 1. The molecular weight excluding hydrogens is 160 g/mol. The van der Waals surface area contributed by atoms with E-state index >= 15 is 0 Å². The molecule has 2 aliphatic rings. The van der Waals surface area contributed by atoms with Gasteiger partial charge in [0.15, 0.2) is 0 Å². The van der Waals surface area contributed by atoms with Crippen LogP contribution < -0.4 is 0 Å². The Balaban J connectivity index is 1.91. The van der Waals surface area contributed by atoms with E-state index in [1.165, 1.54) is 38.5 Å². The van der Waals surface area contributed by atoms with Gasteiger partial charge < -0.3 is 4.74 Å². The van der Waals surface area contributed by atoms with Crippen LogP contribution in [-0.4, -0.2) is 12.2 Å².